The number of fused-ring (bicyclic) bond motifs is 12. The topological polar surface area (TPSA) is 23.0 Å². The molecule has 1 unspecified atom stereocenters. The first-order chi connectivity index (χ1) is 25.8. The fourth-order valence-corrected chi connectivity index (χ4v) is 9.95. The standard InChI is InChI=1S/C48H30N2OS/c1-3-11-31(12-4-1)49-41-22-20-29(23-36(41)38-27-46-39(26-43(38)49)34-15-7-9-17-45(34)51-46)30-19-21-33-37-25-40-35-16-8-10-18-47(35)52-48(40)28-44(37)50(42(33)24-30)32-13-5-2-6-14-32/h1-11,13-28,31H,12H2. The van der Waals surface area contributed by atoms with E-state index in [1.54, 1.807) is 0 Å². The summed E-state index contributed by atoms with van der Waals surface area (Å²) in [4.78, 5) is 0. The highest BCUT2D eigenvalue weighted by atomic mass is 32.1. The normalized spacial score (nSPS) is 14.9. The van der Waals surface area contributed by atoms with E-state index in [4.69, 9.17) is 4.42 Å². The molecule has 244 valence electrons. The lowest BCUT2D eigenvalue weighted by Crippen LogP contribution is -2.06. The predicted molar refractivity (Wildman–Crippen MR) is 221 cm³/mol. The van der Waals surface area contributed by atoms with Gasteiger partial charge in [0.2, 0.25) is 0 Å². The molecule has 3 nitrogen and oxygen atoms in total. The first-order valence-corrected chi connectivity index (χ1v) is 18.8. The minimum Gasteiger partial charge on any atom is -0.456 e. The number of hydrogen-bond acceptors (Lipinski definition) is 2. The number of hydrogen-bond donors (Lipinski definition) is 0. The molecule has 0 aliphatic heterocycles. The Hall–Kier alpha value is -6.36. The summed E-state index contributed by atoms with van der Waals surface area (Å²) >= 11 is 1.88. The number of benzene rings is 7. The van der Waals surface area contributed by atoms with Crippen molar-refractivity contribution >= 4 is 97.1 Å². The zero-order valence-corrected chi connectivity index (χ0v) is 28.9. The van der Waals surface area contributed by atoms with Gasteiger partial charge >= 0.3 is 0 Å². The van der Waals surface area contributed by atoms with E-state index in [0.717, 1.165) is 28.4 Å². The Kier molecular flexibility index (Phi) is 5.77. The third-order valence-corrected chi connectivity index (χ3v) is 12.3. The maximum atomic E-state index is 6.42. The van der Waals surface area contributed by atoms with E-state index in [9.17, 15) is 0 Å². The number of para-hydroxylation sites is 2. The molecule has 0 spiro atoms. The molecule has 0 saturated heterocycles. The lowest BCUT2D eigenvalue weighted by molar-refractivity contribution is 0.648. The summed E-state index contributed by atoms with van der Waals surface area (Å²) in [6.45, 7) is 0. The third-order valence-electron chi connectivity index (χ3n) is 11.2. The third kappa shape index (κ3) is 3.96. The minimum absolute atomic E-state index is 0.246. The highest BCUT2D eigenvalue weighted by molar-refractivity contribution is 7.25. The molecule has 11 aromatic rings. The van der Waals surface area contributed by atoms with Crippen molar-refractivity contribution in [1.82, 2.24) is 9.13 Å². The van der Waals surface area contributed by atoms with Gasteiger partial charge in [-0.25, -0.2) is 0 Å². The summed E-state index contributed by atoms with van der Waals surface area (Å²) in [5, 5.41) is 9.99. The predicted octanol–water partition coefficient (Wildman–Crippen LogP) is 13.9. The Morgan fingerprint density at radius 2 is 1.25 bits per heavy atom. The molecule has 1 aliphatic carbocycles. The molecule has 1 aliphatic rings. The summed E-state index contributed by atoms with van der Waals surface area (Å²) in [6.07, 6.45) is 9.90. The highest BCUT2D eigenvalue weighted by Gasteiger charge is 2.21. The van der Waals surface area contributed by atoms with Crippen LogP contribution in [0, 0.1) is 0 Å². The van der Waals surface area contributed by atoms with E-state index < -0.39 is 0 Å². The summed E-state index contributed by atoms with van der Waals surface area (Å²) < 4.78 is 14.0. The number of aromatic nitrogens is 2. The van der Waals surface area contributed by atoms with Crippen molar-refractivity contribution in [3.05, 3.63) is 164 Å². The van der Waals surface area contributed by atoms with Crippen molar-refractivity contribution in [2.45, 2.75) is 12.5 Å². The first-order valence-electron chi connectivity index (χ1n) is 17.9. The van der Waals surface area contributed by atoms with Gasteiger partial charge in [-0.3, -0.25) is 0 Å². The summed E-state index contributed by atoms with van der Waals surface area (Å²) in [7, 11) is 0. The quantitative estimate of drug-likeness (QED) is 0.182. The Morgan fingerprint density at radius 1 is 0.481 bits per heavy atom. The van der Waals surface area contributed by atoms with E-state index in [1.165, 1.54) is 80.6 Å². The van der Waals surface area contributed by atoms with E-state index in [-0.39, 0.29) is 6.04 Å². The van der Waals surface area contributed by atoms with E-state index in [1.807, 2.05) is 17.4 Å². The van der Waals surface area contributed by atoms with Crippen LogP contribution in [0.5, 0.6) is 0 Å². The molecule has 1 atom stereocenters. The van der Waals surface area contributed by atoms with Gasteiger partial charge in [-0.2, -0.15) is 0 Å². The van der Waals surface area contributed by atoms with Crippen LogP contribution in [0.2, 0.25) is 0 Å². The van der Waals surface area contributed by atoms with Crippen molar-refractivity contribution in [2.24, 2.45) is 0 Å². The maximum absolute atomic E-state index is 6.42. The van der Waals surface area contributed by atoms with Crippen LogP contribution in [0.4, 0.5) is 0 Å². The van der Waals surface area contributed by atoms with Gasteiger partial charge in [0.25, 0.3) is 0 Å². The number of thiophene rings is 1. The van der Waals surface area contributed by atoms with Gasteiger partial charge in [-0.15, -0.1) is 11.3 Å². The van der Waals surface area contributed by atoms with Crippen molar-refractivity contribution in [3.8, 4) is 16.8 Å². The fraction of sp³-hybridized carbons (Fsp3) is 0.0417. The van der Waals surface area contributed by atoms with Gasteiger partial charge in [0, 0.05) is 63.7 Å². The number of allylic oxidation sites excluding steroid dienone is 4. The second-order valence-corrected chi connectivity index (χ2v) is 15.1. The number of nitrogens with zero attached hydrogens (tertiary/aromatic N) is 2. The molecule has 52 heavy (non-hydrogen) atoms. The van der Waals surface area contributed by atoms with Crippen LogP contribution < -0.4 is 0 Å². The average Bonchev–Trinajstić information content (AvgIpc) is 3.93. The first kappa shape index (κ1) is 28.3. The zero-order valence-electron chi connectivity index (χ0n) is 28.1. The SMILES string of the molecule is C1=CCC(n2c3ccc(-c4ccc5c6cc7c(cc6n(-c6ccccc6)c5c4)sc4ccccc47)cc3c3cc4oc5ccccc5c4cc32)C=C1. The molecule has 0 radical (unpaired) electrons. The Balaban J connectivity index is 1.11. The van der Waals surface area contributed by atoms with Crippen LogP contribution in [-0.4, -0.2) is 9.13 Å². The van der Waals surface area contributed by atoms with Gasteiger partial charge < -0.3 is 13.6 Å². The van der Waals surface area contributed by atoms with Crippen LogP contribution in [0.3, 0.4) is 0 Å². The smallest absolute Gasteiger partial charge is 0.136 e. The molecule has 7 aromatic carbocycles. The van der Waals surface area contributed by atoms with E-state index in [0.29, 0.717) is 0 Å². The molecular formula is C48H30N2OS. The van der Waals surface area contributed by atoms with Gasteiger partial charge in [0.05, 0.1) is 22.6 Å². The second-order valence-electron chi connectivity index (χ2n) is 14.0. The molecule has 4 aromatic heterocycles. The monoisotopic (exact) mass is 682 g/mol. The Bertz CT molecular complexity index is 3330. The van der Waals surface area contributed by atoms with Crippen molar-refractivity contribution in [2.75, 3.05) is 0 Å². The molecule has 0 bridgehead atoms. The summed E-state index contributed by atoms with van der Waals surface area (Å²) in [6, 6.07) is 51.7. The number of rotatable bonds is 3. The maximum Gasteiger partial charge on any atom is 0.136 e. The van der Waals surface area contributed by atoms with Crippen LogP contribution in [-0.2, 0) is 0 Å². The fourth-order valence-electron chi connectivity index (χ4n) is 8.83. The lowest BCUT2D eigenvalue weighted by atomic mass is 10.0. The van der Waals surface area contributed by atoms with E-state index in [2.05, 4.69) is 167 Å². The van der Waals surface area contributed by atoms with Gasteiger partial charge in [0.15, 0.2) is 0 Å². The second kappa shape index (κ2) is 10.6. The van der Waals surface area contributed by atoms with Crippen molar-refractivity contribution < 1.29 is 4.42 Å². The van der Waals surface area contributed by atoms with Crippen LogP contribution in [0.25, 0.3) is 103 Å². The van der Waals surface area contributed by atoms with Gasteiger partial charge in [0.1, 0.15) is 11.2 Å². The molecule has 0 amide bonds. The van der Waals surface area contributed by atoms with Crippen molar-refractivity contribution in [3.63, 3.8) is 0 Å². The molecule has 0 saturated carbocycles. The molecule has 4 heterocycles. The summed E-state index contributed by atoms with van der Waals surface area (Å²) in [5.74, 6) is 0. The van der Waals surface area contributed by atoms with E-state index >= 15 is 0 Å². The molecular weight excluding hydrogens is 653 g/mol. The van der Waals surface area contributed by atoms with Crippen LogP contribution in [0.1, 0.15) is 12.5 Å². The van der Waals surface area contributed by atoms with Crippen LogP contribution >= 0.6 is 11.3 Å². The summed E-state index contributed by atoms with van der Waals surface area (Å²) in [5.41, 5.74) is 10.4. The molecule has 0 N–H and O–H groups in total. The lowest BCUT2D eigenvalue weighted by Gasteiger charge is -2.18. The molecule has 4 heteroatoms. The average molecular weight is 683 g/mol. The Morgan fingerprint density at radius 3 is 2.15 bits per heavy atom. The molecule has 12 rings (SSSR count). The Labute approximate surface area is 302 Å². The number of furan rings is 1. The zero-order chi connectivity index (χ0) is 33.9. The highest BCUT2D eigenvalue weighted by Crippen LogP contribution is 2.44. The van der Waals surface area contributed by atoms with Gasteiger partial charge in [-0.1, -0.05) is 97.1 Å². The van der Waals surface area contributed by atoms with Crippen molar-refractivity contribution in [1.29, 1.82) is 0 Å². The largest absolute Gasteiger partial charge is 0.456 e. The minimum atomic E-state index is 0.246. The molecule has 0 fully saturated rings. The van der Waals surface area contributed by atoms with Crippen LogP contribution in [0.15, 0.2) is 168 Å². The van der Waals surface area contributed by atoms with Gasteiger partial charge in [-0.05, 0) is 84.3 Å².